The van der Waals surface area contributed by atoms with Gasteiger partial charge in [-0.2, -0.15) is 0 Å². The van der Waals surface area contributed by atoms with E-state index in [2.05, 4.69) is 63.3 Å². The average molecular weight is 408 g/mol. The van der Waals surface area contributed by atoms with Crippen LogP contribution in [-0.4, -0.2) is 12.0 Å². The van der Waals surface area contributed by atoms with Crippen LogP contribution >= 0.6 is 0 Å². The van der Waals surface area contributed by atoms with Gasteiger partial charge in [0.05, 0.1) is 6.04 Å². The van der Waals surface area contributed by atoms with Crippen molar-refractivity contribution in [2.24, 2.45) is 0 Å². The van der Waals surface area contributed by atoms with Gasteiger partial charge in [-0.1, -0.05) is 65.0 Å². The van der Waals surface area contributed by atoms with Crippen LogP contribution < -0.4 is 10.1 Å². The van der Waals surface area contributed by atoms with Gasteiger partial charge in [-0.25, -0.2) is 0 Å². The summed E-state index contributed by atoms with van der Waals surface area (Å²) in [4.78, 5) is 13.0. The third-order valence-corrected chi connectivity index (χ3v) is 6.16. The lowest BCUT2D eigenvalue weighted by molar-refractivity contribution is -0.128. The molecule has 3 nitrogen and oxygen atoms in total. The van der Waals surface area contributed by atoms with Crippen LogP contribution in [0.1, 0.15) is 88.6 Å². The van der Waals surface area contributed by atoms with Crippen molar-refractivity contribution in [2.45, 2.75) is 90.7 Å². The maximum Gasteiger partial charge on any atom is 0.261 e. The van der Waals surface area contributed by atoms with E-state index in [1.807, 2.05) is 19.1 Å². The molecule has 2 aromatic carbocycles. The Morgan fingerprint density at radius 2 is 1.63 bits per heavy atom. The van der Waals surface area contributed by atoms with Gasteiger partial charge in [0.2, 0.25) is 0 Å². The van der Waals surface area contributed by atoms with E-state index in [9.17, 15) is 4.79 Å². The van der Waals surface area contributed by atoms with Gasteiger partial charge in [-0.3, -0.25) is 4.79 Å². The lowest BCUT2D eigenvalue weighted by Gasteiger charge is -2.24. The van der Waals surface area contributed by atoms with Gasteiger partial charge in [0, 0.05) is 0 Å². The van der Waals surface area contributed by atoms with E-state index in [1.54, 1.807) is 0 Å². The van der Waals surface area contributed by atoms with Crippen LogP contribution in [0.15, 0.2) is 42.5 Å². The highest BCUT2D eigenvalue weighted by atomic mass is 16.5. The largest absolute Gasteiger partial charge is 0.481 e. The molecular formula is C27H37NO2. The van der Waals surface area contributed by atoms with E-state index in [1.165, 1.54) is 41.5 Å². The summed E-state index contributed by atoms with van der Waals surface area (Å²) < 4.78 is 6.05. The van der Waals surface area contributed by atoms with Gasteiger partial charge in [0.25, 0.3) is 5.91 Å². The Morgan fingerprint density at radius 3 is 2.23 bits per heavy atom. The number of fused-ring (bicyclic) bond motifs is 1. The Kier molecular flexibility index (Phi) is 7.23. The van der Waals surface area contributed by atoms with Crippen molar-refractivity contribution in [1.82, 2.24) is 5.32 Å². The van der Waals surface area contributed by atoms with E-state index < -0.39 is 6.10 Å². The van der Waals surface area contributed by atoms with Gasteiger partial charge in [0.1, 0.15) is 5.75 Å². The maximum atomic E-state index is 13.0. The van der Waals surface area contributed by atoms with Gasteiger partial charge >= 0.3 is 0 Å². The zero-order valence-electron chi connectivity index (χ0n) is 19.3. The van der Waals surface area contributed by atoms with Crippen molar-refractivity contribution in [3.8, 4) is 5.75 Å². The summed E-state index contributed by atoms with van der Waals surface area (Å²) in [7, 11) is 0. The lowest BCUT2D eigenvalue weighted by atomic mass is 9.87. The molecule has 30 heavy (non-hydrogen) atoms. The van der Waals surface area contributed by atoms with Gasteiger partial charge < -0.3 is 10.1 Å². The SMILES string of the molecule is CC[C@@H](Oc1ccc(C(C)(C)C)cc1)C(=O)N[C@H](CC)c1ccc2c(c1)CCCC2. The number of rotatable bonds is 7. The van der Waals surface area contributed by atoms with Crippen molar-refractivity contribution < 1.29 is 9.53 Å². The van der Waals surface area contributed by atoms with Crippen LogP contribution in [0.5, 0.6) is 5.75 Å². The van der Waals surface area contributed by atoms with Crippen LogP contribution in [0, 0.1) is 0 Å². The molecular weight excluding hydrogens is 370 g/mol. The molecule has 0 spiro atoms. The number of hydrogen-bond donors (Lipinski definition) is 1. The standard InChI is InChI=1S/C27H37NO2/c1-6-24(21-13-12-19-10-8-9-11-20(19)18-21)28-26(29)25(7-2)30-23-16-14-22(15-17-23)27(3,4)5/h12-18,24-25H,6-11H2,1-5H3,(H,28,29)/t24-,25-/m1/s1. The molecule has 0 aromatic heterocycles. The Balaban J connectivity index is 1.67. The summed E-state index contributed by atoms with van der Waals surface area (Å²) in [5.74, 6) is 0.703. The Bertz CT molecular complexity index is 848. The van der Waals surface area contributed by atoms with E-state index in [4.69, 9.17) is 4.74 Å². The monoisotopic (exact) mass is 407 g/mol. The predicted molar refractivity (Wildman–Crippen MR) is 124 cm³/mol. The molecule has 1 aliphatic carbocycles. The average Bonchev–Trinajstić information content (AvgIpc) is 2.75. The summed E-state index contributed by atoms with van der Waals surface area (Å²) in [6, 6.07) is 14.9. The summed E-state index contributed by atoms with van der Waals surface area (Å²) in [5.41, 5.74) is 5.48. The van der Waals surface area contributed by atoms with E-state index in [0.717, 1.165) is 18.6 Å². The predicted octanol–water partition coefficient (Wildman–Crippen LogP) is 6.29. The fourth-order valence-corrected chi connectivity index (χ4v) is 4.18. The normalized spacial score (nSPS) is 15.8. The Labute approximate surface area is 182 Å². The minimum atomic E-state index is -0.489. The number of aryl methyl sites for hydroxylation is 2. The first kappa shape index (κ1) is 22.4. The lowest BCUT2D eigenvalue weighted by Crippen LogP contribution is -2.40. The Hall–Kier alpha value is -2.29. The number of carbonyl (C=O) groups excluding carboxylic acids is 1. The van der Waals surface area contributed by atoms with E-state index >= 15 is 0 Å². The topological polar surface area (TPSA) is 38.3 Å². The molecule has 0 saturated carbocycles. The fraction of sp³-hybridized carbons (Fsp3) is 0.519. The zero-order valence-corrected chi connectivity index (χ0v) is 19.3. The van der Waals surface area contributed by atoms with Crippen LogP contribution in [-0.2, 0) is 23.1 Å². The molecule has 0 saturated heterocycles. The second kappa shape index (κ2) is 9.68. The highest BCUT2D eigenvalue weighted by molar-refractivity contribution is 5.81. The van der Waals surface area contributed by atoms with Crippen molar-refractivity contribution in [3.05, 3.63) is 64.7 Å². The van der Waals surface area contributed by atoms with E-state index in [0.29, 0.717) is 6.42 Å². The third kappa shape index (κ3) is 5.44. The molecule has 1 amide bonds. The van der Waals surface area contributed by atoms with Crippen molar-refractivity contribution in [3.63, 3.8) is 0 Å². The van der Waals surface area contributed by atoms with Crippen molar-refractivity contribution >= 4 is 5.91 Å². The third-order valence-electron chi connectivity index (χ3n) is 6.16. The number of amides is 1. The molecule has 2 atom stereocenters. The molecule has 3 heteroatoms. The van der Waals surface area contributed by atoms with Crippen LogP contribution in [0.3, 0.4) is 0 Å². The van der Waals surface area contributed by atoms with Crippen LogP contribution in [0.4, 0.5) is 0 Å². The maximum absolute atomic E-state index is 13.0. The molecule has 0 fully saturated rings. The molecule has 0 aliphatic heterocycles. The molecule has 162 valence electrons. The summed E-state index contributed by atoms with van der Waals surface area (Å²) >= 11 is 0. The fourth-order valence-electron chi connectivity index (χ4n) is 4.18. The highest BCUT2D eigenvalue weighted by Gasteiger charge is 2.23. The van der Waals surface area contributed by atoms with Crippen molar-refractivity contribution in [2.75, 3.05) is 0 Å². The molecule has 0 bridgehead atoms. The second-order valence-electron chi connectivity index (χ2n) is 9.49. The quantitative estimate of drug-likeness (QED) is 0.586. The molecule has 0 heterocycles. The molecule has 0 radical (unpaired) electrons. The Morgan fingerprint density at radius 1 is 0.967 bits per heavy atom. The summed E-state index contributed by atoms with van der Waals surface area (Å²) in [6.45, 7) is 10.7. The molecule has 2 aromatic rings. The number of ether oxygens (including phenoxy) is 1. The van der Waals surface area contributed by atoms with Crippen LogP contribution in [0.2, 0.25) is 0 Å². The number of hydrogen-bond acceptors (Lipinski definition) is 2. The zero-order chi connectivity index (χ0) is 21.7. The molecule has 0 unspecified atom stereocenters. The number of carbonyl (C=O) groups is 1. The minimum Gasteiger partial charge on any atom is -0.481 e. The second-order valence-corrected chi connectivity index (χ2v) is 9.49. The first-order valence-corrected chi connectivity index (χ1v) is 11.5. The van der Waals surface area contributed by atoms with Gasteiger partial charge in [-0.15, -0.1) is 0 Å². The molecule has 1 aliphatic rings. The minimum absolute atomic E-state index is 0.0191. The van der Waals surface area contributed by atoms with Crippen LogP contribution in [0.25, 0.3) is 0 Å². The molecule has 3 rings (SSSR count). The summed E-state index contributed by atoms with van der Waals surface area (Å²) in [6.07, 6.45) is 5.88. The first-order chi connectivity index (χ1) is 14.3. The summed E-state index contributed by atoms with van der Waals surface area (Å²) in [5, 5.41) is 3.23. The number of benzene rings is 2. The smallest absolute Gasteiger partial charge is 0.261 e. The van der Waals surface area contributed by atoms with Crippen molar-refractivity contribution in [1.29, 1.82) is 0 Å². The molecule has 1 N–H and O–H groups in total. The van der Waals surface area contributed by atoms with Gasteiger partial charge in [-0.05, 0) is 78.3 Å². The highest BCUT2D eigenvalue weighted by Crippen LogP contribution is 2.27. The van der Waals surface area contributed by atoms with Gasteiger partial charge in [0.15, 0.2) is 6.10 Å². The first-order valence-electron chi connectivity index (χ1n) is 11.5. The number of nitrogens with one attached hydrogen (secondary N) is 1. The van der Waals surface area contributed by atoms with E-state index in [-0.39, 0.29) is 17.4 Å².